The zero-order valence-electron chi connectivity index (χ0n) is 10.8. The van der Waals surface area contributed by atoms with Crippen LogP contribution in [-0.2, 0) is 0 Å². The van der Waals surface area contributed by atoms with Crippen LogP contribution in [0.1, 0.15) is 24.1 Å². The quantitative estimate of drug-likeness (QED) is 0.831. The topological polar surface area (TPSA) is 35.2 Å². The first-order valence-electron chi connectivity index (χ1n) is 5.96. The van der Waals surface area contributed by atoms with E-state index in [0.29, 0.717) is 10.8 Å². The highest BCUT2D eigenvalue weighted by atomic mass is 79.9. The molecule has 0 unspecified atom stereocenters. The lowest BCUT2D eigenvalue weighted by atomic mass is 10.1. The predicted octanol–water partition coefficient (Wildman–Crippen LogP) is 5.22. The Labute approximate surface area is 126 Å². The average Bonchev–Trinajstić information content (AvgIpc) is 2.36. The maximum absolute atomic E-state index is 6.12. The molecule has 2 rings (SSSR count). The number of ether oxygens (including phenoxy) is 1. The van der Waals surface area contributed by atoms with Gasteiger partial charge in [0.25, 0.3) is 0 Å². The van der Waals surface area contributed by atoms with Gasteiger partial charge < -0.3 is 10.5 Å². The summed E-state index contributed by atoms with van der Waals surface area (Å²) in [5.41, 5.74) is 8.00. The maximum Gasteiger partial charge on any atom is 0.146 e. The number of benzene rings is 2. The molecule has 0 amide bonds. The van der Waals surface area contributed by atoms with E-state index in [1.54, 1.807) is 0 Å². The van der Waals surface area contributed by atoms with Gasteiger partial charge in [-0.3, -0.25) is 0 Å². The molecule has 0 saturated heterocycles. The van der Waals surface area contributed by atoms with Gasteiger partial charge in [-0.2, -0.15) is 0 Å². The third-order valence-electron chi connectivity index (χ3n) is 2.79. The first-order chi connectivity index (χ1) is 8.97. The van der Waals surface area contributed by atoms with Crippen molar-refractivity contribution in [2.45, 2.75) is 19.9 Å². The van der Waals surface area contributed by atoms with Crippen molar-refractivity contribution >= 4 is 27.5 Å². The molecule has 0 bridgehead atoms. The van der Waals surface area contributed by atoms with Crippen LogP contribution < -0.4 is 10.5 Å². The van der Waals surface area contributed by atoms with Crippen molar-refractivity contribution < 1.29 is 4.74 Å². The first-order valence-corrected chi connectivity index (χ1v) is 7.13. The minimum absolute atomic E-state index is 0.00657. The van der Waals surface area contributed by atoms with E-state index in [4.69, 9.17) is 22.1 Å². The van der Waals surface area contributed by atoms with Crippen molar-refractivity contribution in [2.24, 2.45) is 5.73 Å². The molecule has 0 fully saturated rings. The van der Waals surface area contributed by atoms with E-state index in [9.17, 15) is 0 Å². The predicted molar refractivity (Wildman–Crippen MR) is 83.0 cm³/mol. The summed E-state index contributed by atoms with van der Waals surface area (Å²) in [6.45, 7) is 3.94. The monoisotopic (exact) mass is 339 g/mol. The number of halogens is 2. The molecule has 0 aliphatic carbocycles. The Morgan fingerprint density at radius 1 is 1.16 bits per heavy atom. The normalized spacial score (nSPS) is 12.3. The van der Waals surface area contributed by atoms with Gasteiger partial charge in [0.2, 0.25) is 0 Å². The van der Waals surface area contributed by atoms with E-state index >= 15 is 0 Å². The second-order valence-electron chi connectivity index (χ2n) is 4.51. The number of nitrogens with two attached hydrogens (primary N) is 1. The lowest BCUT2D eigenvalue weighted by Gasteiger charge is -2.12. The molecular weight excluding hydrogens is 326 g/mol. The zero-order chi connectivity index (χ0) is 14.0. The van der Waals surface area contributed by atoms with Crippen LogP contribution in [0.2, 0.25) is 5.02 Å². The largest absolute Gasteiger partial charge is 0.455 e. The molecule has 0 spiro atoms. The summed E-state index contributed by atoms with van der Waals surface area (Å²) in [6, 6.07) is 11.5. The van der Waals surface area contributed by atoms with Gasteiger partial charge in [-0.05, 0) is 65.2 Å². The summed E-state index contributed by atoms with van der Waals surface area (Å²) in [5.74, 6) is 1.37. The van der Waals surface area contributed by atoms with E-state index in [0.717, 1.165) is 21.3 Å². The molecule has 4 heteroatoms. The number of rotatable bonds is 3. The molecule has 2 nitrogen and oxygen atoms in total. The summed E-state index contributed by atoms with van der Waals surface area (Å²) >= 11 is 9.61. The van der Waals surface area contributed by atoms with Gasteiger partial charge in [-0.25, -0.2) is 0 Å². The SMILES string of the molecule is Cc1ccc(Cl)c(Oc2ccc([C@@H](C)N)cc2Br)c1. The zero-order valence-corrected chi connectivity index (χ0v) is 13.1. The fourth-order valence-corrected chi connectivity index (χ4v) is 2.32. The van der Waals surface area contributed by atoms with Crippen LogP contribution in [0.25, 0.3) is 0 Å². The van der Waals surface area contributed by atoms with Crippen molar-refractivity contribution in [1.29, 1.82) is 0 Å². The fraction of sp³-hybridized carbons (Fsp3) is 0.200. The van der Waals surface area contributed by atoms with Crippen LogP contribution in [0, 0.1) is 6.92 Å². The minimum atomic E-state index is -0.00657. The van der Waals surface area contributed by atoms with E-state index in [1.807, 2.05) is 50.2 Å². The van der Waals surface area contributed by atoms with E-state index in [2.05, 4.69) is 15.9 Å². The number of hydrogen-bond donors (Lipinski definition) is 1. The standard InChI is InChI=1S/C15H15BrClNO/c1-9-3-5-13(17)15(7-9)19-14-6-4-11(10(2)18)8-12(14)16/h3-8,10H,18H2,1-2H3/t10-/m1/s1. The van der Waals surface area contributed by atoms with Crippen molar-refractivity contribution in [3.63, 3.8) is 0 Å². The molecular formula is C15H15BrClNO. The van der Waals surface area contributed by atoms with Crippen LogP contribution in [0.4, 0.5) is 0 Å². The maximum atomic E-state index is 6.12. The molecule has 2 N–H and O–H groups in total. The van der Waals surface area contributed by atoms with Crippen LogP contribution in [0.15, 0.2) is 40.9 Å². The Kier molecular flexibility index (Phi) is 4.50. The Morgan fingerprint density at radius 3 is 2.53 bits per heavy atom. The Morgan fingerprint density at radius 2 is 1.89 bits per heavy atom. The van der Waals surface area contributed by atoms with Gasteiger partial charge >= 0.3 is 0 Å². The molecule has 2 aromatic carbocycles. The Hall–Kier alpha value is -1.03. The van der Waals surface area contributed by atoms with Crippen molar-refractivity contribution in [3.05, 3.63) is 57.0 Å². The molecule has 2 aromatic rings. The lowest BCUT2D eigenvalue weighted by molar-refractivity contribution is 0.479. The van der Waals surface area contributed by atoms with Crippen molar-refractivity contribution in [1.82, 2.24) is 0 Å². The number of aryl methyl sites for hydroxylation is 1. The molecule has 0 saturated carbocycles. The minimum Gasteiger partial charge on any atom is -0.455 e. The number of hydrogen-bond acceptors (Lipinski definition) is 2. The smallest absolute Gasteiger partial charge is 0.146 e. The molecule has 0 radical (unpaired) electrons. The van der Waals surface area contributed by atoms with E-state index < -0.39 is 0 Å². The first kappa shape index (κ1) is 14.4. The summed E-state index contributed by atoms with van der Waals surface area (Å²) < 4.78 is 6.70. The van der Waals surface area contributed by atoms with Crippen LogP contribution in [0.3, 0.4) is 0 Å². The Bertz CT molecular complexity index is 599. The second-order valence-corrected chi connectivity index (χ2v) is 5.78. The van der Waals surface area contributed by atoms with Gasteiger partial charge in [0, 0.05) is 6.04 Å². The molecule has 0 heterocycles. The lowest BCUT2D eigenvalue weighted by Crippen LogP contribution is -2.04. The van der Waals surface area contributed by atoms with Crippen LogP contribution in [-0.4, -0.2) is 0 Å². The molecule has 0 aliphatic heterocycles. The van der Waals surface area contributed by atoms with Crippen molar-refractivity contribution in [3.8, 4) is 11.5 Å². The second kappa shape index (κ2) is 5.95. The summed E-state index contributed by atoms with van der Waals surface area (Å²) in [4.78, 5) is 0. The third kappa shape index (κ3) is 3.50. The molecule has 100 valence electrons. The van der Waals surface area contributed by atoms with Gasteiger partial charge in [0.15, 0.2) is 0 Å². The summed E-state index contributed by atoms with van der Waals surface area (Å²) in [7, 11) is 0. The fourth-order valence-electron chi connectivity index (χ4n) is 1.69. The highest BCUT2D eigenvalue weighted by molar-refractivity contribution is 9.10. The van der Waals surface area contributed by atoms with Gasteiger partial charge in [-0.1, -0.05) is 23.7 Å². The highest BCUT2D eigenvalue weighted by Gasteiger charge is 2.09. The van der Waals surface area contributed by atoms with Gasteiger partial charge in [0.1, 0.15) is 11.5 Å². The third-order valence-corrected chi connectivity index (χ3v) is 3.72. The van der Waals surface area contributed by atoms with Gasteiger partial charge in [-0.15, -0.1) is 0 Å². The molecule has 19 heavy (non-hydrogen) atoms. The highest BCUT2D eigenvalue weighted by Crippen LogP contribution is 2.35. The molecule has 1 atom stereocenters. The summed E-state index contributed by atoms with van der Waals surface area (Å²) in [6.07, 6.45) is 0. The molecule has 0 aliphatic rings. The van der Waals surface area contributed by atoms with E-state index in [1.165, 1.54) is 0 Å². The van der Waals surface area contributed by atoms with Crippen molar-refractivity contribution in [2.75, 3.05) is 0 Å². The molecule has 0 aromatic heterocycles. The van der Waals surface area contributed by atoms with Gasteiger partial charge in [0.05, 0.1) is 9.50 Å². The summed E-state index contributed by atoms with van der Waals surface area (Å²) in [5, 5.41) is 0.591. The van der Waals surface area contributed by atoms with Crippen LogP contribution >= 0.6 is 27.5 Å². The average molecular weight is 341 g/mol. The van der Waals surface area contributed by atoms with E-state index in [-0.39, 0.29) is 6.04 Å². The van der Waals surface area contributed by atoms with Crippen LogP contribution in [0.5, 0.6) is 11.5 Å². The Balaban J connectivity index is 2.31.